The van der Waals surface area contributed by atoms with Gasteiger partial charge in [-0.3, -0.25) is 0 Å². The largest absolute Gasteiger partial charge is 0.394 e. The number of likely N-dealkylation sites (tertiary alicyclic amines) is 1. The lowest BCUT2D eigenvalue weighted by Crippen LogP contribution is -2.38. The van der Waals surface area contributed by atoms with Crippen LogP contribution in [0.2, 0.25) is 0 Å². The van der Waals surface area contributed by atoms with Gasteiger partial charge in [-0.05, 0) is 46.6 Å². The molecule has 0 radical (unpaired) electrons. The first kappa shape index (κ1) is 15.2. The molecular formula is C15H29N5. The quantitative estimate of drug-likeness (QED) is 0.785. The number of anilines is 2. The second kappa shape index (κ2) is 6.97. The standard InChI is InChI=1S/C15H29N5/c1-4-20-15(14(16)13(3)18-20)17-9-7-11-19-10-6-5-8-12(19)2/h12,17H,4-11,16H2,1-3H3. The van der Waals surface area contributed by atoms with Crippen molar-refractivity contribution in [3.05, 3.63) is 5.69 Å². The van der Waals surface area contributed by atoms with Gasteiger partial charge in [-0.15, -0.1) is 0 Å². The molecule has 114 valence electrons. The van der Waals surface area contributed by atoms with Gasteiger partial charge < -0.3 is 16.0 Å². The maximum absolute atomic E-state index is 6.07. The summed E-state index contributed by atoms with van der Waals surface area (Å²) in [5.41, 5.74) is 7.78. The van der Waals surface area contributed by atoms with Crippen LogP contribution in [0.25, 0.3) is 0 Å². The van der Waals surface area contributed by atoms with Crippen molar-refractivity contribution in [3.8, 4) is 0 Å². The molecule has 5 heteroatoms. The number of nitrogen functional groups attached to an aromatic ring is 1. The van der Waals surface area contributed by atoms with Crippen molar-refractivity contribution in [1.82, 2.24) is 14.7 Å². The molecule has 1 aliphatic rings. The van der Waals surface area contributed by atoms with Crippen LogP contribution in [0.4, 0.5) is 11.5 Å². The molecule has 1 aliphatic heterocycles. The zero-order valence-corrected chi connectivity index (χ0v) is 13.2. The highest BCUT2D eigenvalue weighted by atomic mass is 15.3. The summed E-state index contributed by atoms with van der Waals surface area (Å²) in [5, 5.41) is 7.88. The molecular weight excluding hydrogens is 250 g/mol. The second-order valence-electron chi connectivity index (χ2n) is 5.82. The predicted octanol–water partition coefficient (Wildman–Crippen LogP) is 2.47. The van der Waals surface area contributed by atoms with E-state index < -0.39 is 0 Å². The molecule has 0 bridgehead atoms. The third-order valence-corrected chi connectivity index (χ3v) is 4.33. The van der Waals surface area contributed by atoms with Crippen molar-refractivity contribution in [2.24, 2.45) is 0 Å². The van der Waals surface area contributed by atoms with E-state index in [1.807, 2.05) is 11.6 Å². The van der Waals surface area contributed by atoms with Crippen LogP contribution >= 0.6 is 0 Å². The van der Waals surface area contributed by atoms with Gasteiger partial charge in [0.25, 0.3) is 0 Å². The summed E-state index contributed by atoms with van der Waals surface area (Å²) >= 11 is 0. The average Bonchev–Trinajstić information content (AvgIpc) is 2.72. The van der Waals surface area contributed by atoms with Crippen molar-refractivity contribution in [2.75, 3.05) is 30.7 Å². The van der Waals surface area contributed by atoms with E-state index in [-0.39, 0.29) is 0 Å². The first-order chi connectivity index (χ1) is 9.63. The first-order valence-corrected chi connectivity index (χ1v) is 7.94. The number of aromatic nitrogens is 2. The van der Waals surface area contributed by atoms with Crippen molar-refractivity contribution >= 4 is 11.5 Å². The topological polar surface area (TPSA) is 59.1 Å². The molecule has 20 heavy (non-hydrogen) atoms. The Bertz CT molecular complexity index is 426. The third-order valence-electron chi connectivity index (χ3n) is 4.33. The van der Waals surface area contributed by atoms with E-state index in [1.54, 1.807) is 0 Å². The molecule has 1 aromatic rings. The Morgan fingerprint density at radius 3 is 2.90 bits per heavy atom. The van der Waals surface area contributed by atoms with Crippen LogP contribution in [0.5, 0.6) is 0 Å². The lowest BCUT2D eigenvalue weighted by Gasteiger charge is -2.33. The molecule has 0 spiro atoms. The number of hydrogen-bond donors (Lipinski definition) is 2. The summed E-state index contributed by atoms with van der Waals surface area (Å²) < 4.78 is 1.95. The lowest BCUT2D eigenvalue weighted by molar-refractivity contribution is 0.160. The summed E-state index contributed by atoms with van der Waals surface area (Å²) in [6, 6.07) is 0.747. The van der Waals surface area contributed by atoms with Crippen LogP contribution < -0.4 is 11.1 Å². The van der Waals surface area contributed by atoms with Crippen molar-refractivity contribution in [3.63, 3.8) is 0 Å². The molecule has 3 N–H and O–H groups in total. The molecule has 5 nitrogen and oxygen atoms in total. The van der Waals surface area contributed by atoms with E-state index in [0.29, 0.717) is 0 Å². The Morgan fingerprint density at radius 1 is 1.40 bits per heavy atom. The number of nitrogens with one attached hydrogen (secondary N) is 1. The lowest BCUT2D eigenvalue weighted by atomic mass is 10.0. The van der Waals surface area contributed by atoms with E-state index in [9.17, 15) is 0 Å². The zero-order chi connectivity index (χ0) is 14.5. The zero-order valence-electron chi connectivity index (χ0n) is 13.2. The van der Waals surface area contributed by atoms with Crippen LogP contribution in [0.3, 0.4) is 0 Å². The summed E-state index contributed by atoms with van der Waals surface area (Å²) in [7, 11) is 0. The minimum atomic E-state index is 0.747. The van der Waals surface area contributed by atoms with Crippen molar-refractivity contribution in [1.29, 1.82) is 0 Å². The highest BCUT2D eigenvalue weighted by Crippen LogP contribution is 2.22. The van der Waals surface area contributed by atoms with Gasteiger partial charge >= 0.3 is 0 Å². The van der Waals surface area contributed by atoms with Crippen LogP contribution in [0.1, 0.15) is 45.2 Å². The van der Waals surface area contributed by atoms with Crippen molar-refractivity contribution < 1.29 is 0 Å². The molecule has 0 aliphatic carbocycles. The second-order valence-corrected chi connectivity index (χ2v) is 5.82. The molecule has 2 heterocycles. The molecule has 1 aromatic heterocycles. The normalized spacial score (nSPS) is 20.2. The van der Waals surface area contributed by atoms with Gasteiger partial charge in [-0.2, -0.15) is 5.10 Å². The van der Waals surface area contributed by atoms with E-state index in [2.05, 4.69) is 29.2 Å². The smallest absolute Gasteiger partial charge is 0.148 e. The van der Waals surface area contributed by atoms with E-state index in [0.717, 1.165) is 42.8 Å². The highest BCUT2D eigenvalue weighted by molar-refractivity contribution is 5.64. The number of rotatable bonds is 6. The fourth-order valence-electron chi connectivity index (χ4n) is 2.99. The molecule has 0 aromatic carbocycles. The first-order valence-electron chi connectivity index (χ1n) is 7.94. The third kappa shape index (κ3) is 3.45. The Labute approximate surface area is 122 Å². The Kier molecular flexibility index (Phi) is 5.29. The Hall–Kier alpha value is -1.23. The van der Waals surface area contributed by atoms with Crippen molar-refractivity contribution in [2.45, 2.75) is 59.0 Å². The number of aryl methyl sites for hydroxylation is 2. The maximum atomic E-state index is 6.07. The van der Waals surface area contributed by atoms with E-state index in [1.165, 1.54) is 32.4 Å². The Morgan fingerprint density at radius 2 is 2.20 bits per heavy atom. The summed E-state index contributed by atoms with van der Waals surface area (Å²) in [5.74, 6) is 0.983. The van der Waals surface area contributed by atoms with Gasteiger partial charge in [0.2, 0.25) is 0 Å². The summed E-state index contributed by atoms with van der Waals surface area (Å²) in [6.07, 6.45) is 5.24. The number of piperidine rings is 1. The number of hydrogen-bond acceptors (Lipinski definition) is 4. The van der Waals surface area contributed by atoms with E-state index in [4.69, 9.17) is 5.73 Å². The summed E-state index contributed by atoms with van der Waals surface area (Å²) in [4.78, 5) is 2.61. The molecule has 1 fully saturated rings. The SMILES string of the molecule is CCn1nc(C)c(N)c1NCCCN1CCCCC1C. The van der Waals surface area contributed by atoms with Gasteiger partial charge in [-0.25, -0.2) is 4.68 Å². The number of nitrogens with two attached hydrogens (primary N) is 1. The van der Waals surface area contributed by atoms with Gasteiger partial charge in [-0.1, -0.05) is 6.42 Å². The minimum absolute atomic E-state index is 0.747. The molecule has 0 saturated carbocycles. The highest BCUT2D eigenvalue weighted by Gasteiger charge is 2.17. The molecule has 1 saturated heterocycles. The number of nitrogens with zero attached hydrogens (tertiary/aromatic N) is 3. The van der Waals surface area contributed by atoms with Crippen LogP contribution in [0.15, 0.2) is 0 Å². The van der Waals surface area contributed by atoms with E-state index >= 15 is 0 Å². The molecule has 1 unspecified atom stereocenters. The van der Waals surface area contributed by atoms with Gasteiger partial charge in [0, 0.05) is 25.7 Å². The molecule has 0 amide bonds. The van der Waals surface area contributed by atoms with Crippen LogP contribution in [-0.2, 0) is 6.54 Å². The van der Waals surface area contributed by atoms with Gasteiger partial charge in [0.1, 0.15) is 5.82 Å². The minimum Gasteiger partial charge on any atom is -0.394 e. The molecule has 1 atom stereocenters. The predicted molar refractivity (Wildman–Crippen MR) is 85.0 cm³/mol. The maximum Gasteiger partial charge on any atom is 0.148 e. The fourth-order valence-corrected chi connectivity index (χ4v) is 2.99. The van der Waals surface area contributed by atoms with Gasteiger partial charge in [0.05, 0.1) is 11.4 Å². The average molecular weight is 279 g/mol. The van der Waals surface area contributed by atoms with Crippen LogP contribution in [-0.4, -0.2) is 40.4 Å². The fraction of sp³-hybridized carbons (Fsp3) is 0.800. The Balaban J connectivity index is 1.78. The summed E-state index contributed by atoms with van der Waals surface area (Å²) in [6.45, 7) is 10.6. The van der Waals surface area contributed by atoms with Gasteiger partial charge in [0.15, 0.2) is 0 Å². The van der Waals surface area contributed by atoms with Crippen LogP contribution in [0, 0.1) is 6.92 Å². The monoisotopic (exact) mass is 279 g/mol. The molecule has 2 rings (SSSR count).